The van der Waals surface area contributed by atoms with Crippen molar-refractivity contribution in [2.24, 2.45) is 0 Å². The number of carbonyl (C=O) groups excluding carboxylic acids is 2. The van der Waals surface area contributed by atoms with Gasteiger partial charge in [0.25, 0.3) is 0 Å². The highest BCUT2D eigenvalue weighted by Crippen LogP contribution is 2.37. The predicted molar refractivity (Wildman–Crippen MR) is 94.2 cm³/mol. The van der Waals surface area contributed by atoms with Crippen molar-refractivity contribution < 1.29 is 19.1 Å². The zero-order valence-electron chi connectivity index (χ0n) is 13.3. The summed E-state index contributed by atoms with van der Waals surface area (Å²) in [5, 5.41) is 0. The summed E-state index contributed by atoms with van der Waals surface area (Å²) in [5.74, 6) is 0.555. The SMILES string of the molecule is CCC(=O)Oc1cc(C)c2c(c1)O/C(=C\c1cccc(Br)c1)C2=O. The molecule has 3 rings (SSSR count). The third-order valence-corrected chi connectivity index (χ3v) is 4.10. The van der Waals surface area contributed by atoms with Gasteiger partial charge in [-0.05, 0) is 42.3 Å². The second-order valence-corrected chi connectivity index (χ2v) is 6.35. The molecule has 1 heterocycles. The monoisotopic (exact) mass is 386 g/mol. The van der Waals surface area contributed by atoms with Crippen molar-refractivity contribution in [3.05, 3.63) is 63.3 Å². The van der Waals surface area contributed by atoms with Crippen LogP contribution in [0.15, 0.2) is 46.6 Å². The van der Waals surface area contributed by atoms with Crippen molar-refractivity contribution in [3.8, 4) is 11.5 Å². The van der Waals surface area contributed by atoms with Gasteiger partial charge in [0.1, 0.15) is 11.5 Å². The van der Waals surface area contributed by atoms with Gasteiger partial charge in [0, 0.05) is 17.0 Å². The molecule has 2 aromatic rings. The highest BCUT2D eigenvalue weighted by atomic mass is 79.9. The summed E-state index contributed by atoms with van der Waals surface area (Å²) in [5.41, 5.74) is 2.08. The Labute approximate surface area is 148 Å². The van der Waals surface area contributed by atoms with Crippen LogP contribution in [0.5, 0.6) is 11.5 Å². The standard InChI is InChI=1S/C19H15BrO4/c1-3-17(21)23-14-7-11(2)18-15(10-14)24-16(19(18)22)9-12-5-4-6-13(20)8-12/h4-10H,3H2,1-2H3/b16-9-. The van der Waals surface area contributed by atoms with Gasteiger partial charge >= 0.3 is 5.97 Å². The first-order valence-electron chi connectivity index (χ1n) is 7.53. The molecule has 0 radical (unpaired) electrons. The molecule has 0 aliphatic carbocycles. The molecular weight excluding hydrogens is 372 g/mol. The van der Waals surface area contributed by atoms with E-state index < -0.39 is 0 Å². The fraction of sp³-hybridized carbons (Fsp3) is 0.158. The average molecular weight is 387 g/mol. The third kappa shape index (κ3) is 3.26. The highest BCUT2D eigenvalue weighted by Gasteiger charge is 2.30. The summed E-state index contributed by atoms with van der Waals surface area (Å²) in [7, 11) is 0. The first-order valence-corrected chi connectivity index (χ1v) is 8.32. The number of hydrogen-bond donors (Lipinski definition) is 0. The molecule has 1 aliphatic heterocycles. The van der Waals surface area contributed by atoms with Crippen LogP contribution in [0, 0.1) is 6.92 Å². The van der Waals surface area contributed by atoms with E-state index in [1.165, 1.54) is 0 Å². The first-order chi connectivity index (χ1) is 11.5. The Hall–Kier alpha value is -2.40. The molecular formula is C19H15BrO4. The molecule has 0 saturated carbocycles. The number of esters is 1. The van der Waals surface area contributed by atoms with Gasteiger partial charge in [0.15, 0.2) is 5.76 Å². The Morgan fingerprint density at radius 2 is 2.08 bits per heavy atom. The van der Waals surface area contributed by atoms with Crippen molar-refractivity contribution in [1.82, 2.24) is 0 Å². The van der Waals surface area contributed by atoms with E-state index in [0.29, 0.717) is 22.6 Å². The number of benzene rings is 2. The largest absolute Gasteiger partial charge is 0.452 e. The zero-order valence-corrected chi connectivity index (χ0v) is 14.8. The lowest BCUT2D eigenvalue weighted by atomic mass is 10.0. The molecule has 0 fully saturated rings. The van der Waals surface area contributed by atoms with E-state index in [2.05, 4.69) is 15.9 Å². The van der Waals surface area contributed by atoms with Crippen molar-refractivity contribution in [3.63, 3.8) is 0 Å². The quantitative estimate of drug-likeness (QED) is 0.436. The van der Waals surface area contributed by atoms with Gasteiger partial charge in [-0.15, -0.1) is 0 Å². The van der Waals surface area contributed by atoms with Crippen LogP contribution in [-0.4, -0.2) is 11.8 Å². The summed E-state index contributed by atoms with van der Waals surface area (Å²) in [6.45, 7) is 3.52. The normalized spacial score (nSPS) is 14.5. The molecule has 4 nitrogen and oxygen atoms in total. The highest BCUT2D eigenvalue weighted by molar-refractivity contribution is 9.10. The second kappa shape index (κ2) is 6.61. The molecule has 0 spiro atoms. The minimum Gasteiger partial charge on any atom is -0.452 e. The molecule has 0 N–H and O–H groups in total. The molecule has 0 aromatic heterocycles. The van der Waals surface area contributed by atoms with Crippen LogP contribution in [0.3, 0.4) is 0 Å². The Morgan fingerprint density at radius 3 is 2.79 bits per heavy atom. The lowest BCUT2D eigenvalue weighted by Gasteiger charge is -2.06. The van der Waals surface area contributed by atoms with Gasteiger partial charge in [-0.1, -0.05) is 35.0 Å². The minimum atomic E-state index is -0.330. The maximum atomic E-state index is 12.6. The van der Waals surface area contributed by atoms with E-state index in [-0.39, 0.29) is 23.9 Å². The van der Waals surface area contributed by atoms with Crippen molar-refractivity contribution in [2.45, 2.75) is 20.3 Å². The van der Waals surface area contributed by atoms with Gasteiger partial charge in [0.05, 0.1) is 5.56 Å². The van der Waals surface area contributed by atoms with Gasteiger partial charge in [-0.2, -0.15) is 0 Å². The third-order valence-electron chi connectivity index (χ3n) is 3.61. The van der Waals surface area contributed by atoms with Crippen molar-refractivity contribution in [2.75, 3.05) is 0 Å². The van der Waals surface area contributed by atoms with E-state index in [1.54, 1.807) is 32.1 Å². The lowest BCUT2D eigenvalue weighted by Crippen LogP contribution is -2.06. The molecule has 24 heavy (non-hydrogen) atoms. The predicted octanol–water partition coefficient (Wildman–Crippen LogP) is 4.69. The van der Waals surface area contributed by atoms with Gasteiger partial charge in [0.2, 0.25) is 5.78 Å². The van der Waals surface area contributed by atoms with E-state index in [4.69, 9.17) is 9.47 Å². The van der Waals surface area contributed by atoms with Gasteiger partial charge in [-0.3, -0.25) is 9.59 Å². The number of aryl methyl sites for hydroxylation is 1. The molecule has 1 aliphatic rings. The van der Waals surface area contributed by atoms with Crippen LogP contribution in [0.4, 0.5) is 0 Å². The molecule has 0 bridgehead atoms. The second-order valence-electron chi connectivity index (χ2n) is 5.44. The number of allylic oxidation sites excluding steroid dienone is 1. The summed E-state index contributed by atoms with van der Waals surface area (Å²) in [6, 6.07) is 10.8. The maximum Gasteiger partial charge on any atom is 0.310 e. The number of fused-ring (bicyclic) bond motifs is 1. The van der Waals surface area contributed by atoms with Crippen LogP contribution in [0.2, 0.25) is 0 Å². The maximum absolute atomic E-state index is 12.6. The Kier molecular flexibility index (Phi) is 4.53. The Morgan fingerprint density at radius 1 is 1.29 bits per heavy atom. The fourth-order valence-electron chi connectivity index (χ4n) is 2.49. The van der Waals surface area contributed by atoms with Crippen LogP contribution in [-0.2, 0) is 4.79 Å². The van der Waals surface area contributed by atoms with Crippen LogP contribution in [0.25, 0.3) is 6.08 Å². The minimum absolute atomic E-state index is 0.171. The van der Waals surface area contributed by atoms with E-state index in [1.807, 2.05) is 24.3 Å². The molecule has 0 unspecified atom stereocenters. The zero-order chi connectivity index (χ0) is 17.3. The molecule has 0 amide bonds. The lowest BCUT2D eigenvalue weighted by molar-refractivity contribution is -0.134. The van der Waals surface area contributed by atoms with E-state index >= 15 is 0 Å². The van der Waals surface area contributed by atoms with Crippen molar-refractivity contribution in [1.29, 1.82) is 0 Å². The molecule has 0 saturated heterocycles. The summed E-state index contributed by atoms with van der Waals surface area (Å²) in [6.07, 6.45) is 1.98. The molecule has 122 valence electrons. The smallest absolute Gasteiger partial charge is 0.310 e. The number of ketones is 1. The molecule has 2 aromatic carbocycles. The van der Waals surface area contributed by atoms with E-state index in [0.717, 1.165) is 10.0 Å². The average Bonchev–Trinajstić information content (AvgIpc) is 2.83. The van der Waals surface area contributed by atoms with Gasteiger partial charge < -0.3 is 9.47 Å². The number of carbonyl (C=O) groups is 2. The number of halogens is 1. The Balaban J connectivity index is 1.95. The Bertz CT molecular complexity index is 868. The van der Waals surface area contributed by atoms with Crippen LogP contribution >= 0.6 is 15.9 Å². The van der Waals surface area contributed by atoms with E-state index in [9.17, 15) is 9.59 Å². The number of Topliss-reactive ketones (excluding diaryl/α,β-unsaturated/α-hetero) is 1. The summed E-state index contributed by atoms with van der Waals surface area (Å²) in [4.78, 5) is 24.0. The van der Waals surface area contributed by atoms with Crippen LogP contribution in [0.1, 0.15) is 34.8 Å². The fourth-order valence-corrected chi connectivity index (χ4v) is 2.90. The van der Waals surface area contributed by atoms with Gasteiger partial charge in [-0.25, -0.2) is 0 Å². The summed E-state index contributed by atoms with van der Waals surface area (Å²) < 4.78 is 11.8. The number of hydrogen-bond acceptors (Lipinski definition) is 4. The summed E-state index contributed by atoms with van der Waals surface area (Å²) >= 11 is 3.40. The number of ether oxygens (including phenoxy) is 2. The molecule has 5 heteroatoms. The first kappa shape index (κ1) is 16.5. The van der Waals surface area contributed by atoms with Crippen LogP contribution < -0.4 is 9.47 Å². The molecule has 0 atom stereocenters. The van der Waals surface area contributed by atoms with Crippen molar-refractivity contribution >= 4 is 33.8 Å². The number of rotatable bonds is 3. The topological polar surface area (TPSA) is 52.6 Å².